The SMILES string of the molecule is [C-]#[N+]C[C@@H](O)[C@@H]1NC(=O)[C@H]([C@H](O)Cc2ccc(O)c(OSOOO)c2)NC(=O)[C@@H]2C[C@H](O)CN2C(=O)[C@H]([C@H](C)O)NC(=O)[C@@H](NC(=O)c2ccc(-c3nnc(-c4cnn(-c5ccc(N6CCCCC6)cc5)c4)s3)cc2)C[C@H](O)CNC(=O)[C@@H]2[C@@H](O)[C@H](C)CN2C1=O. The Kier molecular flexibility index (Phi) is 22.2. The molecule has 3 aromatic carbocycles. The molecule has 91 heavy (non-hydrogen) atoms. The maximum absolute atomic E-state index is 14.6. The molecule has 9 rings (SSSR count). The number of aromatic hydroxyl groups is 1. The third-order valence-electron chi connectivity index (χ3n) is 16.2. The fraction of sp³-hybridized carbons (Fsp3) is 0.466. The first-order chi connectivity index (χ1) is 43.6. The molecule has 7 amide bonds. The molecule has 31 nitrogen and oxygen atoms in total. The number of anilines is 1. The summed E-state index contributed by atoms with van der Waals surface area (Å²) in [6.07, 6.45) is -5.25. The molecular formula is C58H69N13O18S2. The van der Waals surface area contributed by atoms with Gasteiger partial charge in [-0.15, -0.1) is 10.2 Å². The van der Waals surface area contributed by atoms with E-state index in [0.717, 1.165) is 66.2 Å². The lowest BCUT2D eigenvalue weighted by atomic mass is 9.99. The number of carbonyl (C=O) groups excluding carboxylic acids is 7. The van der Waals surface area contributed by atoms with Crippen molar-refractivity contribution in [2.75, 3.05) is 44.2 Å². The smallest absolute Gasteiger partial charge is 0.261 e. The third kappa shape index (κ3) is 16.0. The minimum atomic E-state index is -2.15. The molecule has 6 heterocycles. The number of aliphatic hydroxyl groups is 6. The van der Waals surface area contributed by atoms with Crippen molar-refractivity contribution in [3.05, 3.63) is 102 Å². The van der Waals surface area contributed by atoms with Gasteiger partial charge in [0, 0.05) is 80.9 Å². The van der Waals surface area contributed by atoms with Gasteiger partial charge in [-0.25, -0.2) is 16.5 Å². The van der Waals surface area contributed by atoms with Crippen LogP contribution in [0.4, 0.5) is 5.69 Å². The van der Waals surface area contributed by atoms with Gasteiger partial charge in [0.05, 0.1) is 48.0 Å². The monoisotopic (exact) mass is 1300 g/mol. The number of phenols is 1. The number of fused-ring (bicyclic) bond motifs is 2. The first-order valence-corrected chi connectivity index (χ1v) is 30.6. The lowest BCUT2D eigenvalue weighted by Crippen LogP contribution is -2.64. The van der Waals surface area contributed by atoms with Crippen LogP contribution in [0.25, 0.3) is 31.7 Å². The number of carbonyl (C=O) groups is 7. The Balaban J connectivity index is 0.973. The van der Waals surface area contributed by atoms with Gasteiger partial charge in [0.25, 0.3) is 18.2 Å². The van der Waals surface area contributed by atoms with E-state index in [1.54, 1.807) is 23.0 Å². The number of nitrogens with zero attached hydrogens (tertiary/aromatic N) is 8. The number of hydrogen-bond acceptors (Lipinski definition) is 24. The van der Waals surface area contributed by atoms with E-state index >= 15 is 0 Å². The van der Waals surface area contributed by atoms with Crippen LogP contribution >= 0.6 is 23.7 Å². The molecule has 13 atom stereocenters. The number of aliphatic hydroxyl groups excluding tert-OH is 6. The zero-order chi connectivity index (χ0) is 65.2. The summed E-state index contributed by atoms with van der Waals surface area (Å²) in [6, 6.07) is 6.34. The van der Waals surface area contributed by atoms with Crippen molar-refractivity contribution < 1.29 is 88.1 Å². The van der Waals surface area contributed by atoms with Crippen molar-refractivity contribution in [1.29, 1.82) is 0 Å². The van der Waals surface area contributed by atoms with Crippen LogP contribution in [0.3, 0.4) is 0 Å². The molecule has 0 spiro atoms. The van der Waals surface area contributed by atoms with Crippen molar-refractivity contribution in [2.24, 2.45) is 5.92 Å². The highest BCUT2D eigenvalue weighted by Gasteiger charge is 2.50. The van der Waals surface area contributed by atoms with E-state index < -0.39 is 165 Å². The molecule has 0 bridgehead atoms. The first kappa shape index (κ1) is 67.0. The molecule has 13 N–H and O–H groups in total. The van der Waals surface area contributed by atoms with Crippen LogP contribution in [-0.2, 0) is 44.6 Å². The maximum Gasteiger partial charge on any atom is 0.261 e. The number of rotatable bonds is 16. The van der Waals surface area contributed by atoms with Gasteiger partial charge in [-0.2, -0.15) is 5.10 Å². The second-order valence-electron chi connectivity index (χ2n) is 22.7. The quantitative estimate of drug-likeness (QED) is 0.0185. The number of piperidine rings is 1. The Morgan fingerprint density at radius 2 is 1.46 bits per heavy atom. The average Bonchev–Trinajstić information content (AvgIpc) is 1.95. The van der Waals surface area contributed by atoms with Crippen molar-refractivity contribution in [2.45, 2.75) is 125 Å². The fourth-order valence-corrected chi connectivity index (χ4v) is 12.4. The molecular weight excluding hydrogens is 1230 g/mol. The van der Waals surface area contributed by atoms with Gasteiger partial charge in [-0.05, 0) is 80.3 Å². The number of aromatic nitrogens is 4. The van der Waals surface area contributed by atoms with E-state index in [2.05, 4.69) is 73.1 Å². The first-order valence-electron chi connectivity index (χ1n) is 29.1. The predicted octanol–water partition coefficient (Wildman–Crippen LogP) is -1.02. The molecule has 4 saturated heterocycles. The highest BCUT2D eigenvalue weighted by atomic mass is 32.2. The standard InChI is InChI=1S/C58H69N13O18S2/c1-29-26-70-48(49(29)78)54(83)60-24-37(73)21-39(62-50(79)32-8-10-33(11-9-32)55-66-67-56(90-55)34-23-61-71(27-34)36-14-12-35(13-15-36)68-17-5-4-6-18-68)51(80)63-45(30(2)72)57(84)69-28-38(74)22-40(69)52(81)64-46(53(82)65-47(58(70)85)43(77)25-59-3)42(76)19-31-7-16-41(75)44(20-31)87-91-89-88-86/h7-16,20,23,27,29-30,37-40,42-43,45-49,72-78,86H,4-6,17-19,21-22,24-26,28H2,1-2H3,(H,60,83)(H,62,79)(H,63,80)(H,64,81)(H,65,82)/t29-,30+,37+,38+,39+,40+,42-,43-,45+,46+,47+,48+,49+/m1/s1. The van der Waals surface area contributed by atoms with Gasteiger partial charge >= 0.3 is 0 Å². The Morgan fingerprint density at radius 1 is 0.791 bits per heavy atom. The lowest BCUT2D eigenvalue weighted by Gasteiger charge is -2.33. The molecule has 4 aliphatic rings. The molecule has 0 radical (unpaired) electrons. The normalized spacial score (nSPS) is 25.8. The predicted molar refractivity (Wildman–Crippen MR) is 321 cm³/mol. The largest absolute Gasteiger partial charge is 0.504 e. The van der Waals surface area contributed by atoms with E-state index in [1.165, 1.54) is 42.9 Å². The summed E-state index contributed by atoms with van der Waals surface area (Å²) in [6.45, 7) is 9.67. The second-order valence-corrected chi connectivity index (χ2v) is 24.1. The van der Waals surface area contributed by atoms with Crippen LogP contribution < -0.4 is 35.7 Å². The molecule has 0 aliphatic carbocycles. The van der Waals surface area contributed by atoms with Crippen LogP contribution in [0, 0.1) is 12.5 Å². The van der Waals surface area contributed by atoms with Crippen molar-refractivity contribution >= 4 is 70.7 Å². The van der Waals surface area contributed by atoms with Gasteiger partial charge in [-0.3, -0.25) is 33.6 Å². The summed E-state index contributed by atoms with van der Waals surface area (Å²) >= 11 is 1.34. The highest BCUT2D eigenvalue weighted by molar-refractivity contribution is 7.90. The summed E-state index contributed by atoms with van der Waals surface area (Å²) in [5.74, 6) is -9.66. The average molecular weight is 1300 g/mol. The van der Waals surface area contributed by atoms with Crippen molar-refractivity contribution in [1.82, 2.24) is 56.4 Å². The number of nitrogens with one attached hydrogen (secondary N) is 5. The Hall–Kier alpha value is -8.40. The number of phenolic OH excluding ortho intramolecular Hbond substituents is 1. The maximum atomic E-state index is 14.6. The van der Waals surface area contributed by atoms with Crippen molar-refractivity contribution in [3.8, 4) is 38.3 Å². The summed E-state index contributed by atoms with van der Waals surface area (Å²) < 4.78 is 11.1. The molecule has 2 aromatic heterocycles. The van der Waals surface area contributed by atoms with Gasteiger partial charge in [0.1, 0.15) is 41.3 Å². The Labute approximate surface area is 528 Å². The minimum absolute atomic E-state index is 0.00760. The van der Waals surface area contributed by atoms with Crippen LogP contribution in [0.15, 0.2) is 79.1 Å². The topological polar surface area (TPSA) is 427 Å². The van der Waals surface area contributed by atoms with E-state index in [-0.39, 0.29) is 35.7 Å². The number of β-amino-alcohol motifs (C(OH)–C–C–N with tert-alkyl or cyclic N) is 1. The van der Waals surface area contributed by atoms with E-state index in [0.29, 0.717) is 21.1 Å². The molecule has 0 unspecified atom stereocenters. The molecule has 4 aliphatic heterocycles. The fourth-order valence-electron chi connectivity index (χ4n) is 11.3. The van der Waals surface area contributed by atoms with Crippen LogP contribution in [0.2, 0.25) is 0 Å². The zero-order valence-corrected chi connectivity index (χ0v) is 50.7. The van der Waals surface area contributed by atoms with Gasteiger partial charge < -0.3 is 86.1 Å². The number of benzene rings is 3. The van der Waals surface area contributed by atoms with Crippen LogP contribution in [-0.4, -0.2) is 224 Å². The van der Waals surface area contributed by atoms with Gasteiger partial charge in [-0.1, -0.05) is 45.8 Å². The Bertz CT molecular complexity index is 3460. The van der Waals surface area contributed by atoms with E-state index in [4.69, 9.17) is 16.0 Å². The summed E-state index contributed by atoms with van der Waals surface area (Å²) in [7, 11) is 0. The third-order valence-corrected chi connectivity index (χ3v) is 17.5. The summed E-state index contributed by atoms with van der Waals surface area (Å²) in [5.41, 5.74) is 3.42. The molecule has 33 heteroatoms. The Morgan fingerprint density at radius 3 is 2.15 bits per heavy atom. The van der Waals surface area contributed by atoms with Gasteiger partial charge in [0.2, 0.25) is 42.0 Å². The summed E-state index contributed by atoms with van der Waals surface area (Å²) in [4.78, 5) is 108. The van der Waals surface area contributed by atoms with E-state index in [1.807, 2.05) is 18.3 Å². The highest BCUT2D eigenvalue weighted by Crippen LogP contribution is 2.33. The minimum Gasteiger partial charge on any atom is -0.504 e. The van der Waals surface area contributed by atoms with Crippen molar-refractivity contribution in [3.63, 3.8) is 0 Å². The van der Waals surface area contributed by atoms with Crippen LogP contribution in [0.5, 0.6) is 11.5 Å². The summed E-state index contributed by atoms with van der Waals surface area (Å²) in [5, 5.41) is 117. The molecule has 4 fully saturated rings. The lowest BCUT2D eigenvalue weighted by molar-refractivity contribution is -0.433. The number of amides is 7. The number of hydrogen-bond donors (Lipinski definition) is 13. The second kappa shape index (κ2) is 30.1. The molecule has 486 valence electrons. The molecule has 5 aromatic rings. The molecule has 0 saturated carbocycles. The van der Waals surface area contributed by atoms with Gasteiger partial charge in [0.15, 0.2) is 22.6 Å². The zero-order valence-electron chi connectivity index (χ0n) is 49.1. The van der Waals surface area contributed by atoms with Crippen LogP contribution in [0.1, 0.15) is 61.9 Å². The van der Waals surface area contributed by atoms with E-state index in [9.17, 15) is 69.3 Å².